The van der Waals surface area contributed by atoms with Crippen LogP contribution in [0, 0.1) is 11.8 Å². The molecule has 0 bridgehead atoms. The van der Waals surface area contributed by atoms with Crippen LogP contribution in [0.5, 0.6) is 0 Å². The third-order valence-electron chi connectivity index (χ3n) is 4.70. The van der Waals surface area contributed by atoms with E-state index in [2.05, 4.69) is 56.4 Å². The molecular weight excluding hydrogens is 230 g/mol. The maximum Gasteiger partial charge on any atom is 0.0320 e. The Morgan fingerprint density at radius 2 is 1.79 bits per heavy atom. The molecule has 0 saturated heterocycles. The molecule has 1 heteroatoms. The average Bonchev–Trinajstić information content (AvgIpc) is 2.46. The van der Waals surface area contributed by atoms with Crippen LogP contribution >= 0.6 is 0 Å². The van der Waals surface area contributed by atoms with Crippen LogP contribution in [0.1, 0.15) is 64.5 Å². The molecule has 0 spiro atoms. The zero-order valence-corrected chi connectivity index (χ0v) is 12.7. The van der Waals surface area contributed by atoms with Gasteiger partial charge in [-0.15, -0.1) is 0 Å². The number of rotatable bonds is 5. The van der Waals surface area contributed by atoms with Gasteiger partial charge in [0.1, 0.15) is 0 Å². The molecule has 0 aliphatic heterocycles. The van der Waals surface area contributed by atoms with Crippen molar-refractivity contribution in [2.45, 2.75) is 65.0 Å². The van der Waals surface area contributed by atoms with E-state index in [1.165, 1.54) is 37.7 Å². The predicted octanol–water partition coefficient (Wildman–Crippen LogP) is 4.94. The lowest BCUT2D eigenvalue weighted by molar-refractivity contribution is 0.191. The van der Waals surface area contributed by atoms with Crippen molar-refractivity contribution < 1.29 is 0 Å². The fraction of sp³-hybridized carbons (Fsp3) is 0.667. The molecule has 1 aromatic rings. The van der Waals surface area contributed by atoms with Crippen LogP contribution in [0.25, 0.3) is 0 Å². The lowest BCUT2D eigenvalue weighted by atomic mass is 9.77. The van der Waals surface area contributed by atoms with Gasteiger partial charge in [-0.05, 0) is 36.7 Å². The summed E-state index contributed by atoms with van der Waals surface area (Å²) in [5.74, 6) is 1.65. The van der Waals surface area contributed by atoms with Crippen molar-refractivity contribution in [1.29, 1.82) is 0 Å². The van der Waals surface area contributed by atoms with Crippen LogP contribution in [0.4, 0.5) is 0 Å². The molecular formula is C18H29N. The fourth-order valence-electron chi connectivity index (χ4n) is 3.56. The zero-order chi connectivity index (χ0) is 13.7. The highest BCUT2D eigenvalue weighted by Gasteiger charge is 2.28. The standard InChI is InChI=1S/C18H29N/c1-4-17(15-10-6-5-7-11-15)19-18-13-9-8-12-16(18)14(2)3/h5-7,10-11,14,16-19H,4,8-9,12-13H2,1-3H3. The van der Waals surface area contributed by atoms with Crippen LogP contribution in [0.3, 0.4) is 0 Å². The highest BCUT2D eigenvalue weighted by Crippen LogP contribution is 2.32. The number of nitrogens with one attached hydrogen (secondary N) is 1. The highest BCUT2D eigenvalue weighted by molar-refractivity contribution is 5.19. The van der Waals surface area contributed by atoms with Gasteiger partial charge in [0, 0.05) is 12.1 Å². The van der Waals surface area contributed by atoms with E-state index in [9.17, 15) is 0 Å². The van der Waals surface area contributed by atoms with E-state index in [0.29, 0.717) is 12.1 Å². The Morgan fingerprint density at radius 1 is 1.11 bits per heavy atom. The monoisotopic (exact) mass is 259 g/mol. The second-order valence-electron chi connectivity index (χ2n) is 6.34. The van der Waals surface area contributed by atoms with Crippen molar-refractivity contribution in [1.82, 2.24) is 5.32 Å². The summed E-state index contributed by atoms with van der Waals surface area (Å²) in [4.78, 5) is 0. The van der Waals surface area contributed by atoms with Crippen LogP contribution < -0.4 is 5.32 Å². The Kier molecular flexibility index (Phi) is 5.45. The molecule has 0 heterocycles. The minimum atomic E-state index is 0.519. The summed E-state index contributed by atoms with van der Waals surface area (Å²) >= 11 is 0. The molecule has 1 aliphatic rings. The normalized spacial score (nSPS) is 25.5. The van der Waals surface area contributed by atoms with Crippen molar-refractivity contribution in [2.75, 3.05) is 0 Å². The molecule has 1 N–H and O–H groups in total. The van der Waals surface area contributed by atoms with Crippen LogP contribution in [0.2, 0.25) is 0 Å². The van der Waals surface area contributed by atoms with E-state index >= 15 is 0 Å². The molecule has 19 heavy (non-hydrogen) atoms. The van der Waals surface area contributed by atoms with Crippen LogP contribution in [0.15, 0.2) is 30.3 Å². The van der Waals surface area contributed by atoms with Crippen molar-refractivity contribution in [2.24, 2.45) is 11.8 Å². The summed E-state index contributed by atoms with van der Waals surface area (Å²) in [6.45, 7) is 7.06. The molecule has 1 nitrogen and oxygen atoms in total. The van der Waals surface area contributed by atoms with E-state index in [-0.39, 0.29) is 0 Å². The molecule has 2 rings (SSSR count). The summed E-state index contributed by atoms with van der Waals surface area (Å²) < 4.78 is 0. The van der Waals surface area contributed by atoms with Crippen LogP contribution in [-0.2, 0) is 0 Å². The topological polar surface area (TPSA) is 12.0 Å². The average molecular weight is 259 g/mol. The van der Waals surface area contributed by atoms with Gasteiger partial charge in [0.05, 0.1) is 0 Å². The smallest absolute Gasteiger partial charge is 0.0320 e. The molecule has 0 amide bonds. The number of benzene rings is 1. The van der Waals surface area contributed by atoms with E-state index in [4.69, 9.17) is 0 Å². The SMILES string of the molecule is CCC(NC1CCCCC1C(C)C)c1ccccc1. The molecule has 0 radical (unpaired) electrons. The van der Waals surface area contributed by atoms with E-state index < -0.39 is 0 Å². The number of hydrogen-bond donors (Lipinski definition) is 1. The quantitative estimate of drug-likeness (QED) is 0.789. The number of hydrogen-bond acceptors (Lipinski definition) is 1. The van der Waals surface area contributed by atoms with Gasteiger partial charge in [-0.3, -0.25) is 0 Å². The first kappa shape index (κ1) is 14.6. The maximum atomic E-state index is 3.95. The largest absolute Gasteiger partial charge is 0.307 e. The lowest BCUT2D eigenvalue weighted by Crippen LogP contribution is -2.42. The molecule has 0 aromatic heterocycles. The lowest BCUT2D eigenvalue weighted by Gasteiger charge is -2.37. The fourth-order valence-corrected chi connectivity index (χ4v) is 3.56. The van der Waals surface area contributed by atoms with Crippen molar-refractivity contribution in [3.8, 4) is 0 Å². The summed E-state index contributed by atoms with van der Waals surface area (Å²) in [6, 6.07) is 12.2. The zero-order valence-electron chi connectivity index (χ0n) is 12.7. The van der Waals surface area contributed by atoms with Gasteiger partial charge in [0.2, 0.25) is 0 Å². The second kappa shape index (κ2) is 7.09. The van der Waals surface area contributed by atoms with E-state index in [1.54, 1.807) is 0 Å². The minimum Gasteiger partial charge on any atom is -0.307 e. The van der Waals surface area contributed by atoms with Gasteiger partial charge >= 0.3 is 0 Å². The van der Waals surface area contributed by atoms with Crippen molar-refractivity contribution in [3.05, 3.63) is 35.9 Å². The Balaban J connectivity index is 2.04. The Labute approximate surface area is 118 Å². The van der Waals surface area contributed by atoms with Gasteiger partial charge in [-0.25, -0.2) is 0 Å². The third-order valence-corrected chi connectivity index (χ3v) is 4.70. The summed E-state index contributed by atoms with van der Waals surface area (Å²) in [5.41, 5.74) is 1.44. The summed E-state index contributed by atoms with van der Waals surface area (Å²) in [6.07, 6.45) is 6.74. The van der Waals surface area contributed by atoms with Gasteiger partial charge < -0.3 is 5.32 Å². The molecule has 1 saturated carbocycles. The first-order valence-electron chi connectivity index (χ1n) is 8.03. The third kappa shape index (κ3) is 3.82. The van der Waals surface area contributed by atoms with Crippen molar-refractivity contribution >= 4 is 0 Å². The molecule has 106 valence electrons. The Morgan fingerprint density at radius 3 is 2.42 bits per heavy atom. The van der Waals surface area contributed by atoms with Gasteiger partial charge in [0.15, 0.2) is 0 Å². The maximum absolute atomic E-state index is 3.95. The first-order chi connectivity index (χ1) is 9.22. The van der Waals surface area contributed by atoms with Crippen molar-refractivity contribution in [3.63, 3.8) is 0 Å². The minimum absolute atomic E-state index is 0.519. The van der Waals surface area contributed by atoms with E-state index in [1.807, 2.05) is 0 Å². The second-order valence-corrected chi connectivity index (χ2v) is 6.34. The highest BCUT2D eigenvalue weighted by atomic mass is 15.0. The van der Waals surface area contributed by atoms with Gasteiger partial charge in [-0.1, -0.05) is 63.9 Å². The Hall–Kier alpha value is -0.820. The van der Waals surface area contributed by atoms with Crippen LogP contribution in [-0.4, -0.2) is 6.04 Å². The van der Waals surface area contributed by atoms with Gasteiger partial charge in [0.25, 0.3) is 0 Å². The molecule has 1 fully saturated rings. The Bertz CT molecular complexity index is 357. The van der Waals surface area contributed by atoms with Gasteiger partial charge in [-0.2, -0.15) is 0 Å². The summed E-state index contributed by atoms with van der Waals surface area (Å²) in [7, 11) is 0. The molecule has 1 aromatic carbocycles. The molecule has 3 unspecified atom stereocenters. The predicted molar refractivity (Wildman–Crippen MR) is 83.2 cm³/mol. The first-order valence-corrected chi connectivity index (χ1v) is 8.03. The van der Waals surface area contributed by atoms with E-state index in [0.717, 1.165) is 11.8 Å². The summed E-state index contributed by atoms with van der Waals surface area (Å²) in [5, 5.41) is 3.95. The molecule has 1 aliphatic carbocycles. The molecule has 3 atom stereocenters.